The van der Waals surface area contributed by atoms with Crippen molar-refractivity contribution >= 4 is 17.6 Å². The second-order valence-corrected chi connectivity index (χ2v) is 8.80. The Kier molecular flexibility index (Phi) is 6.10. The molecule has 2 heterocycles. The number of benzene rings is 2. The molecule has 3 N–H and O–H groups in total. The summed E-state index contributed by atoms with van der Waals surface area (Å²) in [6.07, 6.45) is 4.53. The van der Waals surface area contributed by atoms with Gasteiger partial charge in [-0.3, -0.25) is 4.79 Å². The molecule has 8 nitrogen and oxygen atoms in total. The predicted molar refractivity (Wildman–Crippen MR) is 134 cm³/mol. The van der Waals surface area contributed by atoms with Crippen molar-refractivity contribution in [3.8, 4) is 17.0 Å². The molecule has 0 unspecified atom stereocenters. The molecule has 0 spiro atoms. The minimum atomic E-state index is -0.290. The number of aromatic hydroxyl groups is 1. The van der Waals surface area contributed by atoms with Gasteiger partial charge in [-0.15, -0.1) is 0 Å². The monoisotopic (exact) mass is 469 g/mol. The van der Waals surface area contributed by atoms with E-state index in [0.717, 1.165) is 30.5 Å². The number of anilines is 1. The first-order chi connectivity index (χ1) is 17.0. The van der Waals surface area contributed by atoms with Crippen molar-refractivity contribution in [3.63, 3.8) is 0 Å². The zero-order valence-electron chi connectivity index (χ0n) is 19.4. The highest BCUT2D eigenvalue weighted by Crippen LogP contribution is 2.42. The van der Waals surface area contributed by atoms with Gasteiger partial charge in [0.25, 0.3) is 5.91 Å². The number of rotatable bonds is 7. The van der Waals surface area contributed by atoms with Crippen LogP contribution in [0.2, 0.25) is 0 Å². The van der Waals surface area contributed by atoms with Crippen LogP contribution in [0.5, 0.6) is 5.75 Å². The summed E-state index contributed by atoms with van der Waals surface area (Å²) in [5, 5.41) is 20.9. The molecule has 0 atom stereocenters. The Morgan fingerprint density at radius 2 is 1.86 bits per heavy atom. The number of nitrogens with one attached hydrogen (secondary N) is 2. The van der Waals surface area contributed by atoms with E-state index in [0.29, 0.717) is 29.2 Å². The van der Waals surface area contributed by atoms with E-state index in [1.807, 2.05) is 36.4 Å². The zero-order valence-corrected chi connectivity index (χ0v) is 19.4. The topological polar surface area (TPSA) is 101 Å². The Labute approximate surface area is 203 Å². The number of phenols is 1. The van der Waals surface area contributed by atoms with Crippen LogP contribution in [0, 0.1) is 0 Å². The van der Waals surface area contributed by atoms with Crippen LogP contribution in [0.4, 0.5) is 10.5 Å². The highest BCUT2D eigenvalue weighted by atomic mass is 16.3. The van der Waals surface area contributed by atoms with Crippen molar-refractivity contribution in [2.45, 2.75) is 25.2 Å². The summed E-state index contributed by atoms with van der Waals surface area (Å²) in [5.74, 6) is 0.0490. The van der Waals surface area contributed by atoms with Crippen LogP contribution in [0.15, 0.2) is 72.9 Å². The van der Waals surface area contributed by atoms with E-state index in [4.69, 9.17) is 0 Å². The Morgan fingerprint density at radius 3 is 2.57 bits per heavy atom. The molecule has 2 aromatic carbocycles. The molecule has 1 aliphatic carbocycles. The largest absolute Gasteiger partial charge is 0.507 e. The fraction of sp³-hybridized carbons (Fsp3) is 0.222. The SMILES string of the molecule is Cn1cccc1C(=O)Nc1ccc(O)c(-c2cc(C3CC3)n(C(=O)NCCc3ccccc3)n2)c1. The number of carbonyl (C=O) groups excluding carboxylic acids is 2. The van der Waals surface area contributed by atoms with Gasteiger partial charge < -0.3 is 20.3 Å². The Balaban J connectivity index is 1.35. The Bertz CT molecular complexity index is 1370. The number of hydrogen-bond acceptors (Lipinski definition) is 4. The number of nitrogens with zero attached hydrogens (tertiary/aromatic N) is 3. The Hall–Kier alpha value is -4.33. The van der Waals surface area contributed by atoms with Gasteiger partial charge in [-0.05, 0) is 61.2 Å². The van der Waals surface area contributed by atoms with Gasteiger partial charge in [0.1, 0.15) is 11.4 Å². The molecular formula is C27H27N5O3. The molecule has 178 valence electrons. The molecule has 35 heavy (non-hydrogen) atoms. The summed E-state index contributed by atoms with van der Waals surface area (Å²) in [7, 11) is 1.80. The van der Waals surface area contributed by atoms with Crippen LogP contribution in [-0.4, -0.2) is 37.9 Å². The molecule has 0 saturated heterocycles. The second-order valence-electron chi connectivity index (χ2n) is 8.80. The lowest BCUT2D eigenvalue weighted by Crippen LogP contribution is -2.32. The molecule has 1 aliphatic rings. The zero-order chi connectivity index (χ0) is 24.4. The van der Waals surface area contributed by atoms with Crippen molar-refractivity contribution in [2.24, 2.45) is 7.05 Å². The maximum Gasteiger partial charge on any atom is 0.342 e. The molecule has 8 heteroatoms. The van der Waals surface area contributed by atoms with E-state index < -0.39 is 0 Å². The van der Waals surface area contributed by atoms with E-state index >= 15 is 0 Å². The van der Waals surface area contributed by atoms with Gasteiger partial charge in [-0.1, -0.05) is 30.3 Å². The van der Waals surface area contributed by atoms with E-state index in [1.165, 1.54) is 10.7 Å². The normalized spacial score (nSPS) is 12.9. The van der Waals surface area contributed by atoms with Crippen LogP contribution in [0.1, 0.15) is 40.5 Å². The standard InChI is InChI=1S/C27H27N5O3/c1-31-15-5-8-23(31)26(34)29-20-11-12-25(33)21(16-20)22-17-24(19-9-10-19)32(30-22)27(35)28-14-13-18-6-3-2-4-7-18/h2-8,11-12,15-17,19,33H,9-10,13-14H2,1H3,(H,28,35)(H,29,34). The molecule has 2 aromatic heterocycles. The fourth-order valence-corrected chi connectivity index (χ4v) is 4.10. The maximum atomic E-state index is 13.0. The molecule has 1 saturated carbocycles. The van der Waals surface area contributed by atoms with E-state index in [-0.39, 0.29) is 23.6 Å². The number of amides is 2. The lowest BCUT2D eigenvalue weighted by molar-refractivity contribution is 0.101. The van der Waals surface area contributed by atoms with E-state index in [2.05, 4.69) is 15.7 Å². The van der Waals surface area contributed by atoms with Crippen molar-refractivity contribution in [1.82, 2.24) is 19.7 Å². The molecule has 5 rings (SSSR count). The number of aryl methyl sites for hydroxylation is 1. The van der Waals surface area contributed by atoms with E-state index in [1.54, 1.807) is 42.1 Å². The minimum Gasteiger partial charge on any atom is -0.507 e. The number of hydrogen-bond donors (Lipinski definition) is 3. The van der Waals surface area contributed by atoms with Crippen LogP contribution in [0.3, 0.4) is 0 Å². The summed E-state index contributed by atoms with van der Waals surface area (Å²) < 4.78 is 3.14. The quantitative estimate of drug-likeness (QED) is 0.346. The first-order valence-corrected chi connectivity index (χ1v) is 11.7. The van der Waals surface area contributed by atoms with Gasteiger partial charge in [-0.25, -0.2) is 4.79 Å². The Morgan fingerprint density at radius 1 is 1.06 bits per heavy atom. The highest BCUT2D eigenvalue weighted by Gasteiger charge is 2.30. The minimum absolute atomic E-state index is 0.0262. The summed E-state index contributed by atoms with van der Waals surface area (Å²) in [5.41, 5.74) is 3.96. The second kappa shape index (κ2) is 9.50. The molecule has 4 aromatic rings. The summed E-state index contributed by atoms with van der Waals surface area (Å²) in [4.78, 5) is 25.6. The van der Waals surface area contributed by atoms with Gasteiger partial charge >= 0.3 is 6.03 Å². The van der Waals surface area contributed by atoms with Crippen molar-refractivity contribution in [3.05, 3.63) is 89.9 Å². The van der Waals surface area contributed by atoms with Crippen LogP contribution < -0.4 is 10.6 Å². The summed E-state index contributed by atoms with van der Waals surface area (Å²) >= 11 is 0. The van der Waals surface area contributed by atoms with Crippen molar-refractivity contribution < 1.29 is 14.7 Å². The van der Waals surface area contributed by atoms with Gasteiger partial charge in [0.2, 0.25) is 0 Å². The highest BCUT2D eigenvalue weighted by molar-refractivity contribution is 6.03. The van der Waals surface area contributed by atoms with Gasteiger partial charge in [0, 0.05) is 37.0 Å². The third kappa shape index (κ3) is 4.96. The smallest absolute Gasteiger partial charge is 0.342 e. The van der Waals surface area contributed by atoms with Crippen molar-refractivity contribution in [1.29, 1.82) is 0 Å². The number of aromatic nitrogens is 3. The number of carbonyl (C=O) groups is 2. The van der Waals surface area contributed by atoms with Gasteiger partial charge in [0.15, 0.2) is 0 Å². The van der Waals surface area contributed by atoms with Crippen LogP contribution >= 0.6 is 0 Å². The molecule has 0 aliphatic heterocycles. The molecular weight excluding hydrogens is 442 g/mol. The summed E-state index contributed by atoms with van der Waals surface area (Å²) in [6.45, 7) is 0.494. The first-order valence-electron chi connectivity index (χ1n) is 11.7. The molecule has 2 amide bonds. The van der Waals surface area contributed by atoms with Crippen LogP contribution in [0.25, 0.3) is 11.3 Å². The lowest BCUT2D eigenvalue weighted by Gasteiger charge is -2.09. The van der Waals surface area contributed by atoms with E-state index in [9.17, 15) is 14.7 Å². The maximum absolute atomic E-state index is 13.0. The third-order valence-electron chi connectivity index (χ3n) is 6.16. The molecule has 1 fully saturated rings. The average molecular weight is 470 g/mol. The summed E-state index contributed by atoms with van der Waals surface area (Å²) in [6, 6.07) is 19.9. The molecule has 0 radical (unpaired) electrons. The average Bonchev–Trinajstić information content (AvgIpc) is 3.46. The third-order valence-corrected chi connectivity index (χ3v) is 6.16. The number of phenolic OH excluding ortho intramolecular Hbond substituents is 1. The van der Waals surface area contributed by atoms with Gasteiger partial charge in [0.05, 0.1) is 11.4 Å². The molecule has 0 bridgehead atoms. The first kappa shape index (κ1) is 22.5. The fourth-order valence-electron chi connectivity index (χ4n) is 4.10. The van der Waals surface area contributed by atoms with Gasteiger partial charge in [-0.2, -0.15) is 9.78 Å². The van der Waals surface area contributed by atoms with Crippen molar-refractivity contribution in [2.75, 3.05) is 11.9 Å². The lowest BCUT2D eigenvalue weighted by atomic mass is 10.1. The predicted octanol–water partition coefficient (Wildman–Crippen LogP) is 4.52. The van der Waals surface area contributed by atoms with Crippen LogP contribution in [-0.2, 0) is 13.5 Å².